The molecule has 1 unspecified atom stereocenters. The largest absolute Gasteiger partial charge is 0.454 e. The monoisotopic (exact) mass is 285 g/mol. The van der Waals surface area contributed by atoms with Crippen molar-refractivity contribution in [1.82, 2.24) is 15.1 Å². The van der Waals surface area contributed by atoms with Crippen molar-refractivity contribution in [1.29, 1.82) is 0 Å². The Morgan fingerprint density at radius 2 is 1.85 bits per heavy atom. The predicted molar refractivity (Wildman–Crippen MR) is 67.5 cm³/mol. The van der Waals surface area contributed by atoms with Gasteiger partial charge in [0.05, 0.1) is 24.1 Å². The Morgan fingerprint density at radius 3 is 2.40 bits per heavy atom. The fourth-order valence-corrected chi connectivity index (χ4v) is 1.57. The van der Waals surface area contributed by atoms with Crippen molar-refractivity contribution in [2.75, 3.05) is 7.05 Å². The Balaban J connectivity index is 2.08. The number of hydrogen-bond acceptors (Lipinski definition) is 3. The first-order chi connectivity index (χ1) is 9.40. The molecule has 0 amide bonds. The van der Waals surface area contributed by atoms with Gasteiger partial charge in [-0.2, -0.15) is 18.3 Å². The maximum atomic E-state index is 12.4. The first-order valence-electron chi connectivity index (χ1n) is 5.96. The van der Waals surface area contributed by atoms with Gasteiger partial charge >= 0.3 is 6.18 Å². The molecule has 108 valence electrons. The highest BCUT2D eigenvalue weighted by Gasteiger charge is 2.30. The summed E-state index contributed by atoms with van der Waals surface area (Å²) in [6.45, 7) is 1.91. The molecule has 0 bridgehead atoms. The van der Waals surface area contributed by atoms with E-state index < -0.39 is 11.7 Å². The van der Waals surface area contributed by atoms with E-state index in [1.165, 1.54) is 18.3 Å². The van der Waals surface area contributed by atoms with Gasteiger partial charge < -0.3 is 4.74 Å². The minimum absolute atomic E-state index is 0.0000413. The number of rotatable bonds is 4. The standard InChI is InChI=1S/C13H14F3N3O/c1-9(17-2)19-8-12(7-18-19)20-11-5-3-10(4-6-11)13(14,15)16/h3-9,17H,1-2H3. The molecule has 2 rings (SSSR count). The molecule has 1 N–H and O–H groups in total. The van der Waals surface area contributed by atoms with Crippen molar-refractivity contribution in [3.05, 3.63) is 42.2 Å². The third-order valence-corrected chi connectivity index (χ3v) is 2.81. The second kappa shape index (κ2) is 5.54. The molecular weight excluding hydrogens is 271 g/mol. The minimum Gasteiger partial charge on any atom is -0.454 e. The molecule has 1 aromatic carbocycles. The highest BCUT2D eigenvalue weighted by Crippen LogP contribution is 2.31. The van der Waals surface area contributed by atoms with Gasteiger partial charge in [0.25, 0.3) is 0 Å². The van der Waals surface area contributed by atoms with Crippen molar-refractivity contribution < 1.29 is 17.9 Å². The summed E-state index contributed by atoms with van der Waals surface area (Å²) in [5.74, 6) is 0.793. The molecule has 2 aromatic rings. The van der Waals surface area contributed by atoms with Gasteiger partial charge in [-0.25, -0.2) is 0 Å². The predicted octanol–water partition coefficient (Wildman–Crippen LogP) is 3.43. The summed E-state index contributed by atoms with van der Waals surface area (Å²) in [5, 5.41) is 7.09. The molecule has 4 nitrogen and oxygen atoms in total. The van der Waals surface area contributed by atoms with Crippen LogP contribution < -0.4 is 10.1 Å². The summed E-state index contributed by atoms with van der Waals surface area (Å²) in [4.78, 5) is 0. The van der Waals surface area contributed by atoms with E-state index >= 15 is 0 Å². The van der Waals surface area contributed by atoms with Gasteiger partial charge in [-0.15, -0.1) is 0 Å². The number of alkyl halides is 3. The summed E-state index contributed by atoms with van der Waals surface area (Å²) in [6.07, 6.45) is -1.17. The lowest BCUT2D eigenvalue weighted by molar-refractivity contribution is -0.137. The number of hydrogen-bond donors (Lipinski definition) is 1. The number of aromatic nitrogens is 2. The molecule has 0 fully saturated rings. The van der Waals surface area contributed by atoms with Crippen LogP contribution >= 0.6 is 0 Å². The lowest BCUT2D eigenvalue weighted by Crippen LogP contribution is -2.19. The maximum absolute atomic E-state index is 12.4. The van der Waals surface area contributed by atoms with Gasteiger partial charge in [-0.3, -0.25) is 10.00 Å². The Hall–Kier alpha value is -2.02. The molecule has 0 saturated carbocycles. The van der Waals surface area contributed by atoms with Crippen LogP contribution in [-0.4, -0.2) is 16.8 Å². The van der Waals surface area contributed by atoms with Crippen molar-refractivity contribution >= 4 is 0 Å². The second-order valence-corrected chi connectivity index (χ2v) is 4.24. The second-order valence-electron chi connectivity index (χ2n) is 4.24. The molecule has 0 aliphatic heterocycles. The molecule has 0 radical (unpaired) electrons. The van der Waals surface area contributed by atoms with Crippen LogP contribution in [-0.2, 0) is 6.18 Å². The van der Waals surface area contributed by atoms with Crippen LogP contribution in [0, 0.1) is 0 Å². The molecule has 7 heteroatoms. The molecule has 1 aromatic heterocycles. The van der Waals surface area contributed by atoms with Crippen molar-refractivity contribution in [2.45, 2.75) is 19.3 Å². The zero-order valence-corrected chi connectivity index (χ0v) is 11.0. The number of ether oxygens (including phenoxy) is 1. The number of nitrogens with one attached hydrogen (secondary N) is 1. The van der Waals surface area contributed by atoms with E-state index in [2.05, 4.69) is 10.4 Å². The fraction of sp³-hybridized carbons (Fsp3) is 0.308. The molecule has 0 aliphatic carbocycles. The van der Waals surface area contributed by atoms with E-state index in [1.807, 2.05) is 6.92 Å². The van der Waals surface area contributed by atoms with Gasteiger partial charge in [0.2, 0.25) is 0 Å². The molecule has 0 aliphatic rings. The Morgan fingerprint density at radius 1 is 1.20 bits per heavy atom. The number of nitrogens with zero attached hydrogens (tertiary/aromatic N) is 2. The van der Waals surface area contributed by atoms with Crippen LogP contribution in [0.2, 0.25) is 0 Å². The van der Waals surface area contributed by atoms with E-state index in [0.717, 1.165) is 12.1 Å². The average molecular weight is 285 g/mol. The summed E-state index contributed by atoms with van der Waals surface area (Å²) in [7, 11) is 1.79. The van der Waals surface area contributed by atoms with Crippen molar-refractivity contribution in [3.8, 4) is 11.5 Å². The Bertz CT molecular complexity index is 563. The Labute approximate surface area is 114 Å². The number of benzene rings is 1. The van der Waals surface area contributed by atoms with Gasteiger partial charge in [-0.05, 0) is 38.2 Å². The smallest absolute Gasteiger partial charge is 0.416 e. The zero-order chi connectivity index (χ0) is 14.8. The normalized spacial score (nSPS) is 13.2. The fourth-order valence-electron chi connectivity index (χ4n) is 1.57. The van der Waals surface area contributed by atoms with Gasteiger partial charge in [0, 0.05) is 0 Å². The molecule has 1 atom stereocenters. The van der Waals surface area contributed by atoms with Gasteiger partial charge in [0.15, 0.2) is 5.75 Å². The summed E-state index contributed by atoms with van der Waals surface area (Å²) in [5.41, 5.74) is -0.704. The van der Waals surface area contributed by atoms with Crippen LogP contribution in [0.5, 0.6) is 11.5 Å². The molecular formula is C13H14F3N3O. The van der Waals surface area contributed by atoms with E-state index in [1.54, 1.807) is 17.9 Å². The first kappa shape index (κ1) is 14.4. The van der Waals surface area contributed by atoms with E-state index in [4.69, 9.17) is 4.74 Å². The van der Waals surface area contributed by atoms with E-state index in [-0.39, 0.29) is 6.17 Å². The Kier molecular flexibility index (Phi) is 3.99. The molecule has 0 saturated heterocycles. The zero-order valence-electron chi connectivity index (χ0n) is 11.0. The SMILES string of the molecule is CNC(C)n1cc(Oc2ccc(C(F)(F)F)cc2)cn1. The summed E-state index contributed by atoms with van der Waals surface area (Å²) >= 11 is 0. The van der Waals surface area contributed by atoms with Gasteiger partial charge in [-0.1, -0.05) is 0 Å². The summed E-state index contributed by atoms with van der Waals surface area (Å²) < 4.78 is 44.3. The van der Waals surface area contributed by atoms with Crippen LogP contribution in [0.4, 0.5) is 13.2 Å². The quantitative estimate of drug-likeness (QED) is 0.935. The van der Waals surface area contributed by atoms with E-state index in [9.17, 15) is 13.2 Å². The van der Waals surface area contributed by atoms with Crippen LogP contribution in [0.15, 0.2) is 36.7 Å². The van der Waals surface area contributed by atoms with Crippen LogP contribution in [0.1, 0.15) is 18.7 Å². The number of halogens is 3. The molecule has 20 heavy (non-hydrogen) atoms. The van der Waals surface area contributed by atoms with Crippen molar-refractivity contribution in [2.24, 2.45) is 0 Å². The van der Waals surface area contributed by atoms with Crippen LogP contribution in [0.3, 0.4) is 0 Å². The molecule has 0 spiro atoms. The van der Waals surface area contributed by atoms with Gasteiger partial charge in [0.1, 0.15) is 5.75 Å². The lowest BCUT2D eigenvalue weighted by Gasteiger charge is -2.09. The lowest BCUT2D eigenvalue weighted by atomic mass is 10.2. The minimum atomic E-state index is -4.34. The van der Waals surface area contributed by atoms with Crippen molar-refractivity contribution in [3.63, 3.8) is 0 Å². The highest BCUT2D eigenvalue weighted by atomic mass is 19.4. The van der Waals surface area contributed by atoms with E-state index in [0.29, 0.717) is 11.5 Å². The average Bonchev–Trinajstić information content (AvgIpc) is 2.86. The maximum Gasteiger partial charge on any atom is 0.416 e. The summed E-state index contributed by atoms with van der Waals surface area (Å²) in [6, 6.07) is 4.52. The topological polar surface area (TPSA) is 39.1 Å². The third kappa shape index (κ3) is 3.30. The first-order valence-corrected chi connectivity index (χ1v) is 5.96. The molecule has 1 heterocycles. The third-order valence-electron chi connectivity index (χ3n) is 2.81. The highest BCUT2D eigenvalue weighted by molar-refractivity contribution is 5.32. The van der Waals surface area contributed by atoms with Crippen LogP contribution in [0.25, 0.3) is 0 Å².